The Kier molecular flexibility index (Phi) is 4.95. The number of hydrogen-bond donors (Lipinski definition) is 1. The van der Waals surface area contributed by atoms with E-state index in [4.69, 9.17) is 0 Å². The lowest BCUT2D eigenvalue weighted by Crippen LogP contribution is -2.43. The molecule has 21 heavy (non-hydrogen) atoms. The van der Waals surface area contributed by atoms with E-state index in [0.29, 0.717) is 31.1 Å². The fourth-order valence-electron chi connectivity index (χ4n) is 2.68. The van der Waals surface area contributed by atoms with Gasteiger partial charge in [0.05, 0.1) is 0 Å². The summed E-state index contributed by atoms with van der Waals surface area (Å²) in [5, 5.41) is 3.17. The van der Waals surface area contributed by atoms with Crippen LogP contribution in [0, 0.1) is 17.6 Å². The molecule has 1 saturated heterocycles. The molecular formula is C14H20F2N2O2S. The monoisotopic (exact) mass is 318 g/mol. The van der Waals surface area contributed by atoms with Gasteiger partial charge in [0.25, 0.3) is 0 Å². The summed E-state index contributed by atoms with van der Waals surface area (Å²) in [5.41, 5.74) is 0. The van der Waals surface area contributed by atoms with Crippen LogP contribution in [-0.4, -0.2) is 38.9 Å². The zero-order chi connectivity index (χ0) is 15.6. The lowest BCUT2D eigenvalue weighted by molar-refractivity contribution is 0.236. The predicted molar refractivity (Wildman–Crippen MR) is 76.4 cm³/mol. The highest BCUT2D eigenvalue weighted by molar-refractivity contribution is 7.89. The molecule has 1 atom stereocenters. The first-order valence-electron chi connectivity index (χ1n) is 6.98. The zero-order valence-electron chi connectivity index (χ0n) is 12.1. The van der Waals surface area contributed by atoms with Crippen LogP contribution in [0.1, 0.15) is 19.8 Å². The van der Waals surface area contributed by atoms with Crippen LogP contribution in [0.4, 0.5) is 8.78 Å². The molecule has 2 rings (SSSR count). The second-order valence-corrected chi connectivity index (χ2v) is 7.30. The molecule has 4 nitrogen and oxygen atoms in total. The molecule has 118 valence electrons. The van der Waals surface area contributed by atoms with E-state index < -0.39 is 26.6 Å². The Hall–Kier alpha value is -1.05. The van der Waals surface area contributed by atoms with Crippen molar-refractivity contribution in [3.05, 3.63) is 29.8 Å². The molecule has 1 aromatic carbocycles. The van der Waals surface area contributed by atoms with Crippen LogP contribution in [-0.2, 0) is 10.0 Å². The summed E-state index contributed by atoms with van der Waals surface area (Å²) in [5.74, 6) is -1.42. The maximum atomic E-state index is 13.7. The Morgan fingerprint density at radius 2 is 1.90 bits per heavy atom. The maximum Gasteiger partial charge on any atom is 0.245 e. The largest absolute Gasteiger partial charge is 0.317 e. The van der Waals surface area contributed by atoms with Crippen molar-refractivity contribution in [1.29, 1.82) is 0 Å². The molecule has 0 aliphatic carbocycles. The molecule has 1 aromatic rings. The average Bonchev–Trinajstić information content (AvgIpc) is 2.46. The lowest BCUT2D eigenvalue weighted by Gasteiger charge is -2.34. The van der Waals surface area contributed by atoms with Crippen molar-refractivity contribution in [1.82, 2.24) is 9.62 Å². The highest BCUT2D eigenvalue weighted by atomic mass is 32.2. The van der Waals surface area contributed by atoms with Crippen molar-refractivity contribution >= 4 is 10.0 Å². The molecular weight excluding hydrogens is 298 g/mol. The van der Waals surface area contributed by atoms with Crippen molar-refractivity contribution in [3.63, 3.8) is 0 Å². The van der Waals surface area contributed by atoms with E-state index in [2.05, 4.69) is 12.2 Å². The van der Waals surface area contributed by atoms with Gasteiger partial charge < -0.3 is 5.32 Å². The first-order chi connectivity index (χ1) is 9.86. The summed E-state index contributed by atoms with van der Waals surface area (Å²) in [6, 6.07) is 2.87. The van der Waals surface area contributed by atoms with Crippen molar-refractivity contribution in [2.75, 3.05) is 20.1 Å². The average molecular weight is 318 g/mol. The summed E-state index contributed by atoms with van der Waals surface area (Å²) in [7, 11) is -2.02. The molecule has 7 heteroatoms. The van der Waals surface area contributed by atoms with Gasteiger partial charge in [-0.15, -0.1) is 0 Å². The second kappa shape index (κ2) is 6.37. The van der Waals surface area contributed by atoms with E-state index in [1.807, 2.05) is 7.05 Å². The Balaban J connectivity index is 2.15. The van der Waals surface area contributed by atoms with Crippen LogP contribution in [0.5, 0.6) is 0 Å². The van der Waals surface area contributed by atoms with Crippen molar-refractivity contribution < 1.29 is 17.2 Å². The van der Waals surface area contributed by atoms with Gasteiger partial charge in [0, 0.05) is 25.2 Å². The first kappa shape index (κ1) is 16.3. The SMILES string of the molecule is CNC(C)C1CCN(S(=O)(=O)c2ccc(F)cc2F)CC1. The number of halogens is 2. The van der Waals surface area contributed by atoms with E-state index in [-0.39, 0.29) is 0 Å². The standard InChI is InChI=1S/C14H20F2N2O2S/c1-10(17-2)11-5-7-18(8-6-11)21(19,20)14-4-3-12(15)9-13(14)16/h3-4,9-11,17H,5-8H2,1-2H3. The Labute approximate surface area is 124 Å². The van der Waals surface area contributed by atoms with Gasteiger partial charge >= 0.3 is 0 Å². The molecule has 0 bridgehead atoms. The van der Waals surface area contributed by atoms with Gasteiger partial charge in [-0.3, -0.25) is 0 Å². The minimum atomic E-state index is -3.89. The Morgan fingerprint density at radius 1 is 1.29 bits per heavy atom. The molecule has 1 aliphatic rings. The topological polar surface area (TPSA) is 49.4 Å². The number of nitrogens with one attached hydrogen (secondary N) is 1. The number of piperidine rings is 1. The number of sulfonamides is 1. The van der Waals surface area contributed by atoms with E-state index in [0.717, 1.165) is 25.0 Å². The third kappa shape index (κ3) is 3.41. The molecule has 1 aliphatic heterocycles. The number of benzene rings is 1. The minimum absolute atomic E-state index is 0.317. The Bertz CT molecular complexity index is 599. The molecule has 1 unspecified atom stereocenters. The molecule has 0 aromatic heterocycles. The molecule has 0 radical (unpaired) electrons. The van der Waals surface area contributed by atoms with Crippen LogP contribution >= 0.6 is 0 Å². The summed E-state index contributed by atoms with van der Waals surface area (Å²) in [6.07, 6.45) is 1.45. The third-order valence-electron chi connectivity index (χ3n) is 4.17. The fraction of sp³-hybridized carbons (Fsp3) is 0.571. The van der Waals surface area contributed by atoms with Crippen LogP contribution < -0.4 is 5.32 Å². The first-order valence-corrected chi connectivity index (χ1v) is 8.42. The van der Waals surface area contributed by atoms with Gasteiger partial charge in [0.15, 0.2) is 0 Å². The summed E-state index contributed by atoms with van der Waals surface area (Å²) >= 11 is 0. The number of nitrogens with zero attached hydrogens (tertiary/aromatic N) is 1. The van der Waals surface area contributed by atoms with E-state index >= 15 is 0 Å². The molecule has 1 N–H and O–H groups in total. The van der Waals surface area contributed by atoms with Crippen molar-refractivity contribution in [3.8, 4) is 0 Å². The lowest BCUT2D eigenvalue weighted by atomic mass is 9.91. The summed E-state index contributed by atoms with van der Waals surface area (Å²) in [4.78, 5) is -0.455. The molecule has 1 fully saturated rings. The van der Waals surface area contributed by atoms with Gasteiger partial charge in [0.2, 0.25) is 10.0 Å². The smallest absolute Gasteiger partial charge is 0.245 e. The summed E-state index contributed by atoms with van der Waals surface area (Å²) < 4.78 is 52.7. The summed E-state index contributed by atoms with van der Waals surface area (Å²) in [6.45, 7) is 2.78. The third-order valence-corrected chi connectivity index (χ3v) is 6.10. The van der Waals surface area contributed by atoms with Crippen molar-refractivity contribution in [2.45, 2.75) is 30.7 Å². The van der Waals surface area contributed by atoms with Crippen LogP contribution in [0.25, 0.3) is 0 Å². The van der Waals surface area contributed by atoms with Gasteiger partial charge in [0.1, 0.15) is 16.5 Å². The predicted octanol–water partition coefficient (Wildman–Crippen LogP) is 1.97. The second-order valence-electron chi connectivity index (χ2n) is 5.39. The maximum absolute atomic E-state index is 13.7. The normalized spacial score (nSPS) is 19.6. The fourth-order valence-corrected chi connectivity index (χ4v) is 4.19. The molecule has 1 heterocycles. The molecule has 0 amide bonds. The van der Waals surface area contributed by atoms with Crippen LogP contribution in [0.2, 0.25) is 0 Å². The van der Waals surface area contributed by atoms with Gasteiger partial charge in [-0.2, -0.15) is 4.31 Å². The Morgan fingerprint density at radius 3 is 2.43 bits per heavy atom. The highest BCUT2D eigenvalue weighted by Crippen LogP contribution is 2.27. The van der Waals surface area contributed by atoms with Crippen molar-refractivity contribution in [2.24, 2.45) is 5.92 Å². The van der Waals surface area contributed by atoms with Gasteiger partial charge in [-0.05, 0) is 44.9 Å². The van der Waals surface area contributed by atoms with E-state index in [1.165, 1.54) is 4.31 Å². The number of rotatable bonds is 4. The molecule has 0 saturated carbocycles. The highest BCUT2D eigenvalue weighted by Gasteiger charge is 2.32. The van der Waals surface area contributed by atoms with E-state index in [1.54, 1.807) is 0 Å². The molecule has 0 spiro atoms. The quantitative estimate of drug-likeness (QED) is 0.923. The van der Waals surface area contributed by atoms with E-state index in [9.17, 15) is 17.2 Å². The zero-order valence-corrected chi connectivity index (χ0v) is 13.0. The van der Waals surface area contributed by atoms with Gasteiger partial charge in [-0.1, -0.05) is 0 Å². The van der Waals surface area contributed by atoms with Crippen LogP contribution in [0.3, 0.4) is 0 Å². The number of hydrogen-bond acceptors (Lipinski definition) is 3. The minimum Gasteiger partial charge on any atom is -0.317 e. The van der Waals surface area contributed by atoms with Crippen LogP contribution in [0.15, 0.2) is 23.1 Å². The van der Waals surface area contributed by atoms with Gasteiger partial charge in [-0.25, -0.2) is 17.2 Å².